The van der Waals surface area contributed by atoms with E-state index < -0.39 is 12.1 Å². The van der Waals surface area contributed by atoms with Gasteiger partial charge in [-0.1, -0.05) is 41.9 Å². The molecule has 1 aromatic carbocycles. The molecule has 2 aliphatic heterocycles. The number of carbonyl (C=O) groups is 2. The van der Waals surface area contributed by atoms with E-state index in [0.717, 1.165) is 23.0 Å². The van der Waals surface area contributed by atoms with Crippen LogP contribution in [0.2, 0.25) is 4.34 Å². The number of hydrogen-bond acceptors (Lipinski definition) is 4. The summed E-state index contributed by atoms with van der Waals surface area (Å²) in [6, 6.07) is 12.8. The van der Waals surface area contributed by atoms with Gasteiger partial charge in [-0.25, -0.2) is 0 Å². The second kappa shape index (κ2) is 7.39. The zero-order chi connectivity index (χ0) is 18.1. The van der Waals surface area contributed by atoms with Crippen molar-refractivity contribution >= 4 is 34.8 Å². The van der Waals surface area contributed by atoms with E-state index in [9.17, 15) is 9.59 Å². The Labute approximate surface area is 161 Å². The van der Waals surface area contributed by atoms with Crippen molar-refractivity contribution in [1.29, 1.82) is 0 Å². The molecule has 2 aliphatic rings. The maximum atomic E-state index is 12.9. The number of carbonyl (C=O) groups excluding carboxylic acids is 2. The molecule has 0 radical (unpaired) electrons. The first kappa shape index (κ1) is 17.5. The van der Waals surface area contributed by atoms with Crippen molar-refractivity contribution in [1.82, 2.24) is 15.1 Å². The molecule has 26 heavy (non-hydrogen) atoms. The molecular weight excluding hydrogens is 370 g/mol. The van der Waals surface area contributed by atoms with Crippen molar-refractivity contribution in [2.45, 2.75) is 25.0 Å². The van der Waals surface area contributed by atoms with Gasteiger partial charge in [-0.15, -0.1) is 11.3 Å². The quantitative estimate of drug-likeness (QED) is 0.871. The molecule has 0 bridgehead atoms. The molecule has 2 saturated heterocycles. The average Bonchev–Trinajstić information content (AvgIpc) is 3.05. The zero-order valence-electron chi connectivity index (χ0n) is 14.2. The van der Waals surface area contributed by atoms with Crippen LogP contribution in [-0.2, 0) is 22.6 Å². The molecule has 2 amide bonds. The van der Waals surface area contributed by atoms with Gasteiger partial charge in [-0.05, 0) is 17.7 Å². The Bertz CT molecular complexity index is 810. The van der Waals surface area contributed by atoms with E-state index in [0.29, 0.717) is 19.5 Å². The highest BCUT2D eigenvalue weighted by Crippen LogP contribution is 2.25. The summed E-state index contributed by atoms with van der Waals surface area (Å²) in [5.74, 6) is -0.0308. The van der Waals surface area contributed by atoms with Crippen LogP contribution in [0.4, 0.5) is 0 Å². The van der Waals surface area contributed by atoms with Crippen LogP contribution in [0, 0.1) is 0 Å². The smallest absolute Gasteiger partial charge is 0.246 e. The third-order valence-corrected chi connectivity index (χ3v) is 6.17. The van der Waals surface area contributed by atoms with Gasteiger partial charge >= 0.3 is 0 Å². The number of thiophene rings is 1. The predicted molar refractivity (Wildman–Crippen MR) is 102 cm³/mol. The number of rotatable bonds is 4. The molecule has 1 N–H and O–H groups in total. The van der Waals surface area contributed by atoms with Gasteiger partial charge in [0.25, 0.3) is 0 Å². The van der Waals surface area contributed by atoms with E-state index in [2.05, 4.69) is 10.2 Å². The van der Waals surface area contributed by atoms with Crippen LogP contribution in [0.15, 0.2) is 42.5 Å². The summed E-state index contributed by atoms with van der Waals surface area (Å²) in [6.45, 7) is 2.67. The van der Waals surface area contributed by atoms with Crippen LogP contribution in [0.3, 0.4) is 0 Å². The summed E-state index contributed by atoms with van der Waals surface area (Å²) in [5.41, 5.74) is 1.05. The summed E-state index contributed by atoms with van der Waals surface area (Å²) in [7, 11) is 0. The van der Waals surface area contributed by atoms with Gasteiger partial charge in [0.2, 0.25) is 11.8 Å². The van der Waals surface area contributed by atoms with E-state index in [4.69, 9.17) is 11.6 Å². The highest BCUT2D eigenvalue weighted by molar-refractivity contribution is 7.16. The van der Waals surface area contributed by atoms with Crippen molar-refractivity contribution in [3.63, 3.8) is 0 Å². The normalized spacial score (nSPS) is 23.7. The van der Waals surface area contributed by atoms with Crippen LogP contribution in [0.1, 0.15) is 10.4 Å². The average molecular weight is 390 g/mol. The maximum absolute atomic E-state index is 12.9. The molecule has 0 aliphatic carbocycles. The lowest BCUT2D eigenvalue weighted by Crippen LogP contribution is -2.69. The van der Waals surface area contributed by atoms with Gasteiger partial charge in [-0.2, -0.15) is 0 Å². The lowest BCUT2D eigenvalue weighted by atomic mass is 9.98. The predicted octanol–water partition coefficient (Wildman–Crippen LogP) is 2.16. The Balaban J connectivity index is 1.42. The summed E-state index contributed by atoms with van der Waals surface area (Å²) < 4.78 is 0.771. The number of nitrogens with zero attached hydrogens (tertiary/aromatic N) is 2. The highest BCUT2D eigenvalue weighted by atomic mass is 35.5. The fourth-order valence-corrected chi connectivity index (χ4v) is 4.78. The van der Waals surface area contributed by atoms with Crippen molar-refractivity contribution < 1.29 is 9.59 Å². The Kier molecular flexibility index (Phi) is 4.98. The summed E-state index contributed by atoms with van der Waals surface area (Å²) in [4.78, 5) is 30.6. The molecule has 7 heteroatoms. The zero-order valence-corrected chi connectivity index (χ0v) is 15.8. The topological polar surface area (TPSA) is 52.7 Å². The van der Waals surface area contributed by atoms with Crippen LogP contribution in [0.5, 0.6) is 0 Å². The van der Waals surface area contributed by atoms with Crippen molar-refractivity contribution in [2.75, 3.05) is 19.6 Å². The molecule has 0 saturated carbocycles. The second-order valence-electron chi connectivity index (χ2n) is 6.74. The molecule has 136 valence electrons. The first-order valence-corrected chi connectivity index (χ1v) is 9.91. The Hall–Kier alpha value is -1.89. The number of piperazine rings is 2. The molecule has 0 unspecified atom stereocenters. The first-order valence-electron chi connectivity index (χ1n) is 8.71. The number of nitrogens with one attached hydrogen (secondary N) is 1. The van der Waals surface area contributed by atoms with Gasteiger partial charge in [-0.3, -0.25) is 14.5 Å². The van der Waals surface area contributed by atoms with Crippen molar-refractivity contribution in [3.8, 4) is 0 Å². The monoisotopic (exact) mass is 389 g/mol. The molecule has 2 atom stereocenters. The van der Waals surface area contributed by atoms with Crippen molar-refractivity contribution in [3.05, 3.63) is 57.2 Å². The van der Waals surface area contributed by atoms with Gasteiger partial charge in [0, 0.05) is 37.5 Å². The van der Waals surface area contributed by atoms with Crippen LogP contribution in [-0.4, -0.2) is 53.3 Å². The summed E-state index contributed by atoms with van der Waals surface area (Å²) in [5, 5.41) is 2.93. The van der Waals surface area contributed by atoms with Gasteiger partial charge in [0.15, 0.2) is 0 Å². The summed E-state index contributed by atoms with van der Waals surface area (Å²) >= 11 is 7.55. The molecule has 2 fully saturated rings. The van der Waals surface area contributed by atoms with E-state index >= 15 is 0 Å². The minimum absolute atomic E-state index is 0.0253. The van der Waals surface area contributed by atoms with Crippen LogP contribution in [0.25, 0.3) is 0 Å². The van der Waals surface area contributed by atoms with Crippen molar-refractivity contribution in [2.24, 2.45) is 0 Å². The highest BCUT2D eigenvalue weighted by Gasteiger charge is 2.43. The number of fused-ring (bicyclic) bond motifs is 1. The number of amides is 2. The Morgan fingerprint density at radius 2 is 1.92 bits per heavy atom. The standard InChI is InChI=1S/C19H20ClN3O2S/c20-17-7-6-14(26-17)11-22-8-9-23-16(12-22)18(24)21-15(19(23)25)10-13-4-2-1-3-5-13/h1-7,15-16H,8-12H2,(H,21,24)/t15-,16-/m1/s1. The third-order valence-electron chi connectivity index (χ3n) is 4.96. The van der Waals surface area contributed by atoms with E-state index in [1.807, 2.05) is 42.5 Å². The SMILES string of the molecule is O=C1N[C@H](Cc2ccccc2)C(=O)N2CCN(Cc3ccc(Cl)s3)C[C@H]12. The van der Waals surface area contributed by atoms with E-state index in [1.54, 1.807) is 16.2 Å². The fourth-order valence-electron chi connectivity index (χ4n) is 3.65. The number of benzene rings is 1. The fraction of sp³-hybridized carbons (Fsp3) is 0.368. The summed E-state index contributed by atoms with van der Waals surface area (Å²) in [6.07, 6.45) is 0.534. The van der Waals surface area contributed by atoms with Crippen LogP contribution < -0.4 is 5.32 Å². The lowest BCUT2D eigenvalue weighted by Gasteiger charge is -2.45. The molecule has 3 heterocycles. The maximum Gasteiger partial charge on any atom is 0.246 e. The molecule has 1 aromatic heterocycles. The molecule has 0 spiro atoms. The van der Waals surface area contributed by atoms with Gasteiger partial charge in [0.1, 0.15) is 12.1 Å². The van der Waals surface area contributed by atoms with Gasteiger partial charge in [0.05, 0.1) is 4.34 Å². The Morgan fingerprint density at radius 3 is 2.65 bits per heavy atom. The minimum atomic E-state index is -0.469. The van der Waals surface area contributed by atoms with E-state index in [-0.39, 0.29) is 11.8 Å². The lowest BCUT2D eigenvalue weighted by molar-refractivity contribution is -0.153. The van der Waals surface area contributed by atoms with Gasteiger partial charge < -0.3 is 10.2 Å². The molecular formula is C19H20ClN3O2S. The minimum Gasteiger partial charge on any atom is -0.342 e. The first-order chi connectivity index (χ1) is 12.6. The largest absolute Gasteiger partial charge is 0.342 e. The van der Waals surface area contributed by atoms with E-state index in [1.165, 1.54) is 4.88 Å². The second-order valence-corrected chi connectivity index (χ2v) is 8.54. The molecule has 4 rings (SSSR count). The third kappa shape index (κ3) is 3.63. The van der Waals surface area contributed by atoms with Crippen LogP contribution >= 0.6 is 22.9 Å². The molecule has 5 nitrogen and oxygen atoms in total. The Morgan fingerprint density at radius 1 is 1.12 bits per heavy atom. The number of halogens is 1. The molecule has 2 aromatic rings. The number of hydrogen-bond donors (Lipinski definition) is 1.